The Morgan fingerprint density at radius 3 is 1.29 bits per heavy atom. The minimum Gasteiger partial charge on any atom is -0.0622 e. The molecule has 2 aromatic carbocycles. The third kappa shape index (κ3) is 3.48. The van der Waals surface area contributed by atoms with E-state index >= 15 is 0 Å². The van der Waals surface area contributed by atoms with Crippen LogP contribution in [-0.4, -0.2) is 26.2 Å². The van der Waals surface area contributed by atoms with Gasteiger partial charge in [-0.1, -0.05) is 69.2 Å². The van der Waals surface area contributed by atoms with Gasteiger partial charge in [-0.25, -0.2) is 0 Å². The predicted molar refractivity (Wildman–Crippen MR) is 66.2 cm³/mol. The van der Waals surface area contributed by atoms with Crippen molar-refractivity contribution >= 4 is 45.4 Å². The molecule has 69 valence electrons. The molecule has 0 unspecified atom stereocenters. The van der Waals surface area contributed by atoms with Gasteiger partial charge in [-0.2, -0.15) is 0 Å². The molecule has 2 rings (SSSR count). The molecule has 0 saturated carbocycles. The van der Waals surface area contributed by atoms with Gasteiger partial charge >= 0.3 is 0 Å². The molecule has 2 heteroatoms. The average Bonchev–Trinajstić information content (AvgIpc) is 2.21. The first-order valence-corrected chi connectivity index (χ1v) is 5.32. The van der Waals surface area contributed by atoms with Crippen molar-refractivity contribution in [1.29, 1.82) is 0 Å². The largest absolute Gasteiger partial charge is 0.0622 e. The molecule has 0 aliphatic rings. The van der Waals surface area contributed by atoms with E-state index in [0.29, 0.717) is 0 Å². The summed E-state index contributed by atoms with van der Waals surface area (Å²) < 4.78 is 0. The molecule has 0 amide bonds. The van der Waals surface area contributed by atoms with Crippen molar-refractivity contribution in [3.63, 3.8) is 0 Å². The van der Waals surface area contributed by atoms with E-state index < -0.39 is 0 Å². The molecule has 0 heterocycles. The number of benzene rings is 2. The molecule has 0 aliphatic carbocycles. The third-order valence-electron chi connectivity index (χ3n) is 1.84. The smallest absolute Gasteiger partial charge is 0 e. The summed E-state index contributed by atoms with van der Waals surface area (Å²) in [6.45, 7) is 0. The summed E-state index contributed by atoms with van der Waals surface area (Å²) in [6, 6.07) is 21.2. The van der Waals surface area contributed by atoms with Crippen LogP contribution in [0.3, 0.4) is 0 Å². The van der Waals surface area contributed by atoms with E-state index in [1.54, 1.807) is 0 Å². The van der Waals surface area contributed by atoms with Crippen LogP contribution in [0, 0.1) is 0 Å². The SMILES string of the molecule is [Bi].c1ccc(Pc2ccccc2)cc1. The summed E-state index contributed by atoms with van der Waals surface area (Å²) in [5.74, 6) is 0. The fraction of sp³-hybridized carbons (Fsp3) is 0. The van der Waals surface area contributed by atoms with Crippen molar-refractivity contribution in [3.05, 3.63) is 60.7 Å². The van der Waals surface area contributed by atoms with Crippen molar-refractivity contribution in [3.8, 4) is 0 Å². The van der Waals surface area contributed by atoms with Gasteiger partial charge in [0.25, 0.3) is 0 Å². The molecule has 3 radical (unpaired) electrons. The molecule has 2 aromatic rings. The minimum atomic E-state index is 0. The Labute approximate surface area is 106 Å². The second-order valence-electron chi connectivity index (χ2n) is 2.86. The Morgan fingerprint density at radius 1 is 0.571 bits per heavy atom. The van der Waals surface area contributed by atoms with Crippen molar-refractivity contribution in [2.75, 3.05) is 0 Å². The summed E-state index contributed by atoms with van der Waals surface area (Å²) in [4.78, 5) is 0. The fourth-order valence-corrected chi connectivity index (χ4v) is 2.26. The van der Waals surface area contributed by atoms with Crippen LogP contribution in [0.4, 0.5) is 0 Å². The van der Waals surface area contributed by atoms with Gasteiger partial charge in [-0.3, -0.25) is 0 Å². The first kappa shape index (κ1) is 11.8. The molecule has 0 aromatic heterocycles. The number of hydrogen-bond donors (Lipinski definition) is 0. The second-order valence-corrected chi connectivity index (χ2v) is 4.26. The monoisotopic (exact) mass is 395 g/mol. The quantitative estimate of drug-likeness (QED) is 0.539. The van der Waals surface area contributed by atoms with Crippen LogP contribution in [0.1, 0.15) is 0 Å². The molecular weight excluding hydrogens is 384 g/mol. The molecule has 0 spiro atoms. The first-order valence-electron chi connectivity index (χ1n) is 4.32. The van der Waals surface area contributed by atoms with Gasteiger partial charge in [-0.05, 0) is 10.6 Å². The molecule has 0 nitrogen and oxygen atoms in total. The van der Waals surface area contributed by atoms with Gasteiger partial charge in [0.05, 0.1) is 0 Å². The van der Waals surface area contributed by atoms with E-state index in [1.807, 2.05) is 0 Å². The normalized spacial score (nSPS) is 9.14. The third-order valence-corrected chi connectivity index (χ3v) is 3.08. The number of rotatable bonds is 2. The van der Waals surface area contributed by atoms with E-state index in [-0.39, 0.29) is 26.2 Å². The zero-order valence-corrected chi connectivity index (χ0v) is 12.2. The molecule has 0 atom stereocenters. The molecule has 14 heavy (non-hydrogen) atoms. The van der Waals surface area contributed by atoms with E-state index in [9.17, 15) is 0 Å². The van der Waals surface area contributed by atoms with E-state index in [0.717, 1.165) is 8.58 Å². The Morgan fingerprint density at radius 2 is 0.929 bits per heavy atom. The predicted octanol–water partition coefficient (Wildman–Crippen LogP) is 1.94. The molecule has 0 saturated heterocycles. The summed E-state index contributed by atoms with van der Waals surface area (Å²) in [5.41, 5.74) is 0. The van der Waals surface area contributed by atoms with Crippen LogP contribution in [0.25, 0.3) is 0 Å². The van der Waals surface area contributed by atoms with Crippen molar-refractivity contribution in [1.82, 2.24) is 0 Å². The fourth-order valence-electron chi connectivity index (χ4n) is 1.21. The van der Waals surface area contributed by atoms with Crippen LogP contribution in [0.5, 0.6) is 0 Å². The Balaban J connectivity index is 0.000000980. The zero-order valence-electron chi connectivity index (χ0n) is 7.72. The molecular formula is C12H11BiP. The Hall–Kier alpha value is -0.247. The maximum absolute atomic E-state index is 2.17. The van der Waals surface area contributed by atoms with Gasteiger partial charge in [0.2, 0.25) is 0 Å². The van der Waals surface area contributed by atoms with Crippen LogP contribution >= 0.6 is 8.58 Å². The number of hydrogen-bond acceptors (Lipinski definition) is 0. The molecule has 0 fully saturated rings. The van der Waals surface area contributed by atoms with Crippen molar-refractivity contribution < 1.29 is 0 Å². The standard InChI is InChI=1S/C12H11P.Bi/c1-3-7-11(8-4-1)13-12-9-5-2-6-10-12;/h1-10,13H;. The molecule has 0 bridgehead atoms. The van der Waals surface area contributed by atoms with Crippen molar-refractivity contribution in [2.24, 2.45) is 0 Å². The summed E-state index contributed by atoms with van der Waals surface area (Å²) >= 11 is 0. The van der Waals surface area contributed by atoms with Gasteiger partial charge in [0.1, 0.15) is 0 Å². The van der Waals surface area contributed by atoms with Crippen LogP contribution < -0.4 is 10.6 Å². The van der Waals surface area contributed by atoms with Crippen LogP contribution in [0.15, 0.2) is 60.7 Å². The van der Waals surface area contributed by atoms with Crippen LogP contribution in [-0.2, 0) is 0 Å². The minimum absolute atomic E-state index is 0. The molecule has 0 N–H and O–H groups in total. The van der Waals surface area contributed by atoms with Gasteiger partial charge < -0.3 is 0 Å². The zero-order chi connectivity index (χ0) is 8.93. The summed E-state index contributed by atoms with van der Waals surface area (Å²) in [7, 11) is 0.777. The van der Waals surface area contributed by atoms with E-state index in [2.05, 4.69) is 60.7 Å². The first-order chi connectivity index (χ1) is 6.45. The van der Waals surface area contributed by atoms with Gasteiger partial charge in [-0.15, -0.1) is 0 Å². The molecule has 0 aliphatic heterocycles. The Bertz CT molecular complexity index is 321. The maximum Gasteiger partial charge on any atom is 0 e. The average molecular weight is 395 g/mol. The van der Waals surface area contributed by atoms with E-state index in [1.165, 1.54) is 10.6 Å². The van der Waals surface area contributed by atoms with Gasteiger partial charge in [0, 0.05) is 26.2 Å². The van der Waals surface area contributed by atoms with E-state index in [4.69, 9.17) is 0 Å². The summed E-state index contributed by atoms with van der Waals surface area (Å²) in [6.07, 6.45) is 0. The van der Waals surface area contributed by atoms with Gasteiger partial charge in [0.15, 0.2) is 0 Å². The maximum atomic E-state index is 2.17. The Kier molecular flexibility index (Phi) is 5.30. The topological polar surface area (TPSA) is 0 Å². The van der Waals surface area contributed by atoms with Crippen molar-refractivity contribution in [2.45, 2.75) is 0 Å². The second kappa shape index (κ2) is 6.28. The summed E-state index contributed by atoms with van der Waals surface area (Å²) in [5, 5.41) is 2.79. The van der Waals surface area contributed by atoms with Crippen LogP contribution in [0.2, 0.25) is 0 Å².